The summed E-state index contributed by atoms with van der Waals surface area (Å²) in [6, 6.07) is 7.21. The van der Waals surface area contributed by atoms with Crippen LogP contribution in [0.4, 0.5) is 8.78 Å². The van der Waals surface area contributed by atoms with E-state index in [9.17, 15) is 13.6 Å². The molecule has 2 N–H and O–H groups in total. The van der Waals surface area contributed by atoms with Crippen molar-refractivity contribution in [2.45, 2.75) is 13.3 Å². The van der Waals surface area contributed by atoms with Gasteiger partial charge in [-0.2, -0.15) is 0 Å². The summed E-state index contributed by atoms with van der Waals surface area (Å²) in [7, 11) is 0. The number of aliphatic hydroxyl groups is 1. The Labute approximate surface area is 115 Å². The van der Waals surface area contributed by atoms with E-state index in [1.54, 1.807) is 19.1 Å². The molecule has 0 aliphatic rings. The smallest absolute Gasteiger partial charge is 0.256 e. The van der Waals surface area contributed by atoms with E-state index in [2.05, 4.69) is 4.98 Å². The van der Waals surface area contributed by atoms with Crippen LogP contribution in [0.2, 0.25) is 0 Å². The van der Waals surface area contributed by atoms with E-state index < -0.39 is 18.9 Å². The molecule has 6 heteroatoms. The normalized spacial score (nSPS) is 11.2. The highest BCUT2D eigenvalue weighted by molar-refractivity contribution is 6.08. The Morgan fingerprint density at radius 2 is 2.10 bits per heavy atom. The topological polar surface area (TPSA) is 56.3 Å². The summed E-state index contributed by atoms with van der Waals surface area (Å²) in [5, 5.41) is 9.63. The van der Waals surface area contributed by atoms with Crippen molar-refractivity contribution >= 4 is 16.8 Å². The van der Waals surface area contributed by atoms with Crippen LogP contribution >= 0.6 is 0 Å². The number of hydrogen-bond donors (Lipinski definition) is 2. The van der Waals surface area contributed by atoms with Gasteiger partial charge in [0.15, 0.2) is 0 Å². The highest BCUT2D eigenvalue weighted by Gasteiger charge is 2.23. The van der Waals surface area contributed by atoms with Gasteiger partial charge in [-0.15, -0.1) is 0 Å². The van der Waals surface area contributed by atoms with Gasteiger partial charge in [-0.1, -0.05) is 18.2 Å². The van der Waals surface area contributed by atoms with Crippen LogP contribution in [0.3, 0.4) is 0 Å². The molecule has 1 heterocycles. The van der Waals surface area contributed by atoms with E-state index in [-0.39, 0.29) is 13.2 Å². The van der Waals surface area contributed by atoms with Crippen molar-refractivity contribution in [3.05, 3.63) is 35.5 Å². The van der Waals surface area contributed by atoms with Crippen LogP contribution < -0.4 is 0 Å². The molecule has 0 aliphatic carbocycles. The van der Waals surface area contributed by atoms with Crippen LogP contribution in [-0.2, 0) is 0 Å². The highest BCUT2D eigenvalue weighted by atomic mass is 19.3. The Hall–Kier alpha value is -1.95. The number of carbonyl (C=O) groups excluding carboxylic acids is 1. The molecule has 2 aromatic rings. The predicted octanol–water partition coefficient (Wildman–Crippen LogP) is 2.18. The molecule has 0 unspecified atom stereocenters. The number of aliphatic hydroxyl groups excluding tert-OH is 1. The number of H-pyrrole nitrogens is 1. The van der Waals surface area contributed by atoms with Gasteiger partial charge < -0.3 is 15.0 Å². The minimum absolute atomic E-state index is 0.109. The van der Waals surface area contributed by atoms with Gasteiger partial charge >= 0.3 is 0 Å². The van der Waals surface area contributed by atoms with Gasteiger partial charge in [0.2, 0.25) is 0 Å². The largest absolute Gasteiger partial charge is 0.395 e. The predicted molar refractivity (Wildman–Crippen MR) is 72.0 cm³/mol. The van der Waals surface area contributed by atoms with E-state index in [1.165, 1.54) is 0 Å². The van der Waals surface area contributed by atoms with Crippen LogP contribution in [0.1, 0.15) is 16.1 Å². The van der Waals surface area contributed by atoms with Crippen LogP contribution in [0, 0.1) is 6.92 Å². The Morgan fingerprint density at radius 1 is 1.40 bits per heavy atom. The first-order valence-corrected chi connectivity index (χ1v) is 6.30. The van der Waals surface area contributed by atoms with Gasteiger partial charge in [-0.05, 0) is 13.0 Å². The lowest BCUT2D eigenvalue weighted by molar-refractivity contribution is 0.0510. The Bertz CT molecular complexity index is 610. The number of amides is 1. The van der Waals surface area contributed by atoms with Crippen molar-refractivity contribution in [3.63, 3.8) is 0 Å². The molecule has 1 amide bonds. The number of carbonyl (C=O) groups is 1. The zero-order valence-electron chi connectivity index (χ0n) is 11.1. The lowest BCUT2D eigenvalue weighted by Gasteiger charge is -2.21. The van der Waals surface area contributed by atoms with Gasteiger partial charge in [0.25, 0.3) is 12.3 Å². The number of hydrogen-bond acceptors (Lipinski definition) is 2. The highest BCUT2D eigenvalue weighted by Crippen LogP contribution is 2.23. The molecular formula is C14H16F2N2O2. The maximum atomic E-state index is 12.5. The number of nitrogens with zero attached hydrogens (tertiary/aromatic N) is 1. The van der Waals surface area contributed by atoms with E-state index in [0.29, 0.717) is 16.6 Å². The molecule has 1 aromatic heterocycles. The van der Waals surface area contributed by atoms with Crippen molar-refractivity contribution < 1.29 is 18.7 Å². The third-order valence-corrected chi connectivity index (χ3v) is 3.12. The van der Waals surface area contributed by atoms with E-state index in [4.69, 9.17) is 5.11 Å². The number of benzene rings is 1. The Balaban J connectivity index is 2.40. The fourth-order valence-electron chi connectivity index (χ4n) is 2.27. The van der Waals surface area contributed by atoms with Gasteiger partial charge in [-0.25, -0.2) is 8.78 Å². The first-order valence-electron chi connectivity index (χ1n) is 6.30. The lowest BCUT2D eigenvalue weighted by Crippen LogP contribution is -2.37. The molecule has 0 bridgehead atoms. The molecule has 0 radical (unpaired) electrons. The minimum atomic E-state index is -2.63. The average Bonchev–Trinajstić information content (AvgIpc) is 2.72. The van der Waals surface area contributed by atoms with Gasteiger partial charge in [0.05, 0.1) is 18.7 Å². The summed E-state index contributed by atoms with van der Waals surface area (Å²) in [4.78, 5) is 16.5. The molecule has 108 valence electrons. The van der Waals surface area contributed by atoms with Crippen LogP contribution in [-0.4, -0.2) is 47.0 Å². The maximum absolute atomic E-state index is 12.5. The quantitative estimate of drug-likeness (QED) is 0.883. The standard InChI is InChI=1S/C14H16F2N2O2/c1-9-13(10-4-2-3-5-11(10)17-9)14(20)18(6-7-19)8-12(15)16/h2-5,12,17,19H,6-8H2,1H3. The van der Waals surface area contributed by atoms with Crippen LogP contribution in [0.25, 0.3) is 10.9 Å². The van der Waals surface area contributed by atoms with Crippen molar-refractivity contribution in [1.29, 1.82) is 0 Å². The molecule has 20 heavy (non-hydrogen) atoms. The number of nitrogens with one attached hydrogen (secondary N) is 1. The number of fused-ring (bicyclic) bond motifs is 1. The second-order valence-corrected chi connectivity index (χ2v) is 4.54. The average molecular weight is 282 g/mol. The molecule has 4 nitrogen and oxygen atoms in total. The molecule has 0 saturated heterocycles. The minimum Gasteiger partial charge on any atom is -0.395 e. The molecule has 0 spiro atoms. The fourth-order valence-corrected chi connectivity index (χ4v) is 2.27. The van der Waals surface area contributed by atoms with Crippen molar-refractivity contribution in [2.75, 3.05) is 19.7 Å². The maximum Gasteiger partial charge on any atom is 0.256 e. The second kappa shape index (κ2) is 6.00. The number of rotatable bonds is 5. The number of halogens is 2. The Morgan fingerprint density at radius 3 is 2.75 bits per heavy atom. The second-order valence-electron chi connectivity index (χ2n) is 4.54. The molecule has 0 aliphatic heterocycles. The summed E-state index contributed by atoms with van der Waals surface area (Å²) < 4.78 is 25.1. The SMILES string of the molecule is Cc1[nH]c2ccccc2c1C(=O)N(CCO)CC(F)F. The molecule has 0 atom stereocenters. The van der Waals surface area contributed by atoms with Gasteiger partial charge in [-0.3, -0.25) is 4.79 Å². The third-order valence-electron chi connectivity index (χ3n) is 3.12. The molecular weight excluding hydrogens is 266 g/mol. The third kappa shape index (κ3) is 2.80. The molecule has 0 saturated carbocycles. The van der Waals surface area contributed by atoms with E-state index in [1.807, 2.05) is 12.1 Å². The van der Waals surface area contributed by atoms with Crippen molar-refractivity contribution in [3.8, 4) is 0 Å². The fraction of sp³-hybridized carbons (Fsp3) is 0.357. The number of aromatic nitrogens is 1. The Kier molecular flexibility index (Phi) is 4.34. The van der Waals surface area contributed by atoms with Gasteiger partial charge in [0.1, 0.15) is 0 Å². The summed E-state index contributed by atoms with van der Waals surface area (Å²) in [5.41, 5.74) is 1.80. The van der Waals surface area contributed by atoms with Crippen LogP contribution in [0.15, 0.2) is 24.3 Å². The number of alkyl halides is 2. The van der Waals surface area contributed by atoms with Gasteiger partial charge in [0, 0.05) is 23.1 Å². The van der Waals surface area contributed by atoms with Crippen LogP contribution in [0.5, 0.6) is 0 Å². The zero-order valence-corrected chi connectivity index (χ0v) is 11.1. The zero-order chi connectivity index (χ0) is 14.7. The monoisotopic (exact) mass is 282 g/mol. The van der Waals surface area contributed by atoms with Crippen molar-refractivity contribution in [1.82, 2.24) is 9.88 Å². The van der Waals surface area contributed by atoms with E-state index >= 15 is 0 Å². The number of para-hydroxylation sites is 1. The molecule has 1 aromatic carbocycles. The summed E-state index contributed by atoms with van der Waals surface area (Å²) in [6.07, 6.45) is -2.63. The molecule has 2 rings (SSSR count). The lowest BCUT2D eigenvalue weighted by atomic mass is 10.1. The first kappa shape index (κ1) is 14.5. The van der Waals surface area contributed by atoms with Crippen molar-refractivity contribution in [2.24, 2.45) is 0 Å². The summed E-state index contributed by atoms with van der Waals surface area (Å²) in [5.74, 6) is -0.491. The molecule has 0 fully saturated rings. The number of aromatic amines is 1. The number of aryl methyl sites for hydroxylation is 1. The summed E-state index contributed by atoms with van der Waals surface area (Å²) >= 11 is 0. The summed E-state index contributed by atoms with van der Waals surface area (Å²) in [6.45, 7) is 0.590. The van der Waals surface area contributed by atoms with E-state index in [0.717, 1.165) is 10.4 Å². The first-order chi connectivity index (χ1) is 9.54.